The molecule has 0 spiro atoms. The highest BCUT2D eigenvalue weighted by Gasteiger charge is 2.29. The van der Waals surface area contributed by atoms with E-state index in [9.17, 15) is 9.90 Å². The number of rotatable bonds is 3. The lowest BCUT2D eigenvalue weighted by molar-refractivity contribution is -0.123. The van der Waals surface area contributed by atoms with Gasteiger partial charge >= 0.3 is 0 Å². The number of hydrogen-bond donors (Lipinski definition) is 1. The minimum atomic E-state index is 0.245. The Morgan fingerprint density at radius 2 is 2.06 bits per heavy atom. The van der Waals surface area contributed by atoms with Gasteiger partial charge in [-0.3, -0.25) is 9.69 Å². The number of hydrogen-bond acceptors (Lipinski definition) is 3. The second-order valence-electron chi connectivity index (χ2n) is 5.24. The van der Waals surface area contributed by atoms with E-state index in [0.29, 0.717) is 11.8 Å². The molecule has 2 unspecified atom stereocenters. The van der Waals surface area contributed by atoms with E-state index in [4.69, 9.17) is 0 Å². The van der Waals surface area contributed by atoms with Crippen molar-refractivity contribution in [2.24, 2.45) is 5.92 Å². The first-order valence-electron chi connectivity index (χ1n) is 6.69. The first kappa shape index (κ1) is 12.1. The topological polar surface area (TPSA) is 40.5 Å². The molecule has 1 saturated carbocycles. The molecule has 2 rings (SSSR count). The van der Waals surface area contributed by atoms with Crippen LogP contribution in [0.4, 0.5) is 0 Å². The quantitative estimate of drug-likeness (QED) is 0.742. The van der Waals surface area contributed by atoms with Crippen molar-refractivity contribution in [3.63, 3.8) is 0 Å². The molecule has 2 fully saturated rings. The van der Waals surface area contributed by atoms with Gasteiger partial charge in [-0.05, 0) is 32.2 Å². The molecular weight excluding hydrogens is 202 g/mol. The van der Waals surface area contributed by atoms with E-state index in [2.05, 4.69) is 4.90 Å². The van der Waals surface area contributed by atoms with E-state index in [0.717, 1.165) is 38.8 Å². The van der Waals surface area contributed by atoms with Crippen LogP contribution >= 0.6 is 0 Å². The normalized spacial score (nSPS) is 32.9. The summed E-state index contributed by atoms with van der Waals surface area (Å²) in [5, 5.41) is 9.26. The van der Waals surface area contributed by atoms with Gasteiger partial charge in [-0.25, -0.2) is 0 Å². The lowest BCUT2D eigenvalue weighted by Crippen LogP contribution is -2.38. The summed E-state index contributed by atoms with van der Waals surface area (Å²) in [7, 11) is 0. The average molecular weight is 225 g/mol. The Kier molecular flexibility index (Phi) is 4.36. The van der Waals surface area contributed by atoms with Crippen LogP contribution < -0.4 is 0 Å². The highest BCUT2D eigenvalue weighted by atomic mass is 16.3. The molecule has 0 aromatic heterocycles. The van der Waals surface area contributed by atoms with Crippen molar-refractivity contribution in [2.75, 3.05) is 19.7 Å². The van der Waals surface area contributed by atoms with Gasteiger partial charge in [0.2, 0.25) is 0 Å². The molecule has 0 amide bonds. The second kappa shape index (κ2) is 5.78. The Labute approximate surface area is 97.8 Å². The number of ketones is 1. The minimum Gasteiger partial charge on any atom is -0.395 e. The summed E-state index contributed by atoms with van der Waals surface area (Å²) in [4.78, 5) is 14.2. The zero-order chi connectivity index (χ0) is 11.4. The largest absolute Gasteiger partial charge is 0.395 e. The summed E-state index contributed by atoms with van der Waals surface area (Å²) < 4.78 is 0. The average Bonchev–Trinajstić information content (AvgIpc) is 2.64. The van der Waals surface area contributed by atoms with Crippen LogP contribution in [0.25, 0.3) is 0 Å². The standard InChI is InChI=1S/C13H23NO2/c15-10-12-6-4-8-14(12)9-11-5-2-1-3-7-13(11)16/h11-12,15H,1-10H2. The van der Waals surface area contributed by atoms with Crippen molar-refractivity contribution in [3.8, 4) is 0 Å². The Morgan fingerprint density at radius 3 is 2.88 bits per heavy atom. The van der Waals surface area contributed by atoms with Crippen LogP contribution in [0.5, 0.6) is 0 Å². The third kappa shape index (κ3) is 2.83. The number of Topliss-reactive ketones (excluding diaryl/α,β-unsaturated/α-hetero) is 1. The lowest BCUT2D eigenvalue weighted by Gasteiger charge is -2.26. The number of carbonyl (C=O) groups excluding carboxylic acids is 1. The minimum absolute atomic E-state index is 0.245. The van der Waals surface area contributed by atoms with Gasteiger partial charge < -0.3 is 5.11 Å². The van der Waals surface area contributed by atoms with Crippen LogP contribution in [0, 0.1) is 5.92 Å². The van der Waals surface area contributed by atoms with Gasteiger partial charge in [0, 0.05) is 24.9 Å². The molecule has 1 N–H and O–H groups in total. The molecule has 0 aromatic rings. The molecule has 92 valence electrons. The fourth-order valence-electron chi connectivity index (χ4n) is 3.05. The number of carbonyl (C=O) groups is 1. The molecule has 3 heteroatoms. The van der Waals surface area contributed by atoms with Gasteiger partial charge in [-0.2, -0.15) is 0 Å². The van der Waals surface area contributed by atoms with Crippen molar-refractivity contribution in [1.29, 1.82) is 0 Å². The predicted molar refractivity (Wildman–Crippen MR) is 63.3 cm³/mol. The van der Waals surface area contributed by atoms with E-state index in [-0.39, 0.29) is 12.5 Å². The van der Waals surface area contributed by atoms with Gasteiger partial charge in [0.1, 0.15) is 5.78 Å². The maximum Gasteiger partial charge on any atom is 0.137 e. The molecular formula is C13H23NO2. The molecule has 1 aliphatic heterocycles. The highest BCUT2D eigenvalue weighted by molar-refractivity contribution is 5.81. The van der Waals surface area contributed by atoms with Gasteiger partial charge in [0.05, 0.1) is 6.61 Å². The van der Waals surface area contributed by atoms with Crippen molar-refractivity contribution in [3.05, 3.63) is 0 Å². The molecule has 2 aliphatic rings. The maximum atomic E-state index is 11.9. The Hall–Kier alpha value is -0.410. The van der Waals surface area contributed by atoms with Crippen molar-refractivity contribution in [2.45, 2.75) is 51.0 Å². The first-order valence-corrected chi connectivity index (χ1v) is 6.69. The SMILES string of the molecule is O=C1CCCCCC1CN1CCCC1CO. The summed E-state index contributed by atoms with van der Waals surface area (Å²) in [6.07, 6.45) is 7.61. The van der Waals surface area contributed by atoms with Gasteiger partial charge in [0.15, 0.2) is 0 Å². The predicted octanol–water partition coefficient (Wildman–Crippen LogP) is 1.59. The third-order valence-electron chi connectivity index (χ3n) is 4.10. The number of aliphatic hydroxyl groups excluding tert-OH is 1. The molecule has 16 heavy (non-hydrogen) atoms. The summed E-state index contributed by atoms with van der Waals surface area (Å²) in [5.41, 5.74) is 0. The number of likely N-dealkylation sites (tertiary alicyclic amines) is 1. The fraction of sp³-hybridized carbons (Fsp3) is 0.923. The monoisotopic (exact) mass is 225 g/mol. The molecule has 0 radical (unpaired) electrons. The molecule has 1 saturated heterocycles. The van der Waals surface area contributed by atoms with Crippen molar-refractivity contribution >= 4 is 5.78 Å². The van der Waals surface area contributed by atoms with Crippen LogP contribution in [0.1, 0.15) is 44.9 Å². The lowest BCUT2D eigenvalue weighted by atomic mass is 9.98. The molecule has 2 atom stereocenters. The highest BCUT2D eigenvalue weighted by Crippen LogP contribution is 2.24. The van der Waals surface area contributed by atoms with Crippen LogP contribution in [-0.4, -0.2) is 41.5 Å². The van der Waals surface area contributed by atoms with Crippen LogP contribution in [0.15, 0.2) is 0 Å². The van der Waals surface area contributed by atoms with Crippen molar-refractivity contribution in [1.82, 2.24) is 4.90 Å². The maximum absolute atomic E-state index is 11.9. The molecule has 0 aromatic carbocycles. The second-order valence-corrected chi connectivity index (χ2v) is 5.24. The number of nitrogens with zero attached hydrogens (tertiary/aromatic N) is 1. The summed E-state index contributed by atoms with van der Waals surface area (Å²) >= 11 is 0. The van der Waals surface area contributed by atoms with Crippen LogP contribution in [-0.2, 0) is 4.79 Å². The Morgan fingerprint density at radius 1 is 1.19 bits per heavy atom. The zero-order valence-corrected chi connectivity index (χ0v) is 10.0. The summed E-state index contributed by atoms with van der Waals surface area (Å²) in [6.45, 7) is 2.21. The molecule has 0 bridgehead atoms. The van der Waals surface area contributed by atoms with E-state index in [1.165, 1.54) is 19.3 Å². The third-order valence-corrected chi connectivity index (χ3v) is 4.10. The zero-order valence-electron chi connectivity index (χ0n) is 10.0. The van der Waals surface area contributed by atoms with E-state index in [1.54, 1.807) is 0 Å². The van der Waals surface area contributed by atoms with Crippen LogP contribution in [0.2, 0.25) is 0 Å². The Bertz CT molecular complexity index is 242. The first-order chi connectivity index (χ1) is 7.81. The van der Waals surface area contributed by atoms with E-state index in [1.807, 2.05) is 0 Å². The van der Waals surface area contributed by atoms with Gasteiger partial charge in [-0.1, -0.05) is 12.8 Å². The van der Waals surface area contributed by atoms with Crippen molar-refractivity contribution < 1.29 is 9.90 Å². The number of aliphatic hydroxyl groups is 1. The Balaban J connectivity index is 1.89. The van der Waals surface area contributed by atoms with E-state index >= 15 is 0 Å². The molecule has 1 aliphatic carbocycles. The molecule has 1 heterocycles. The summed E-state index contributed by atoms with van der Waals surface area (Å²) in [5.74, 6) is 0.704. The van der Waals surface area contributed by atoms with E-state index < -0.39 is 0 Å². The van der Waals surface area contributed by atoms with Gasteiger partial charge in [0.25, 0.3) is 0 Å². The van der Waals surface area contributed by atoms with Gasteiger partial charge in [-0.15, -0.1) is 0 Å². The molecule has 3 nitrogen and oxygen atoms in total. The fourth-order valence-corrected chi connectivity index (χ4v) is 3.05. The summed E-state index contributed by atoms with van der Waals surface area (Å²) in [6, 6.07) is 0.316. The smallest absolute Gasteiger partial charge is 0.137 e. The van der Waals surface area contributed by atoms with Crippen LogP contribution in [0.3, 0.4) is 0 Å².